The Bertz CT molecular complexity index is 519. The Hall–Kier alpha value is -1.71. The maximum Gasteiger partial charge on any atom is 0.408 e. The van der Waals surface area contributed by atoms with Crippen molar-refractivity contribution in [3.05, 3.63) is 29.3 Å². The standard InChI is InChI=1S/C16H23NO3/c1-15(2,3)20-14(19)17-16(4)8-7-11-9-13(18)6-5-12(11)10-16/h5-6,9,18H,7-8,10H2,1-4H3,(H,17,19). The van der Waals surface area contributed by atoms with Crippen LogP contribution < -0.4 is 5.32 Å². The van der Waals surface area contributed by atoms with Crippen LogP contribution in [-0.2, 0) is 17.6 Å². The number of carbonyl (C=O) groups is 1. The van der Waals surface area contributed by atoms with Gasteiger partial charge in [0, 0.05) is 5.54 Å². The Labute approximate surface area is 120 Å². The summed E-state index contributed by atoms with van der Waals surface area (Å²) in [5.41, 5.74) is 1.55. The van der Waals surface area contributed by atoms with Crippen LogP contribution in [0.2, 0.25) is 0 Å². The number of aromatic hydroxyl groups is 1. The van der Waals surface area contributed by atoms with E-state index < -0.39 is 5.60 Å². The van der Waals surface area contributed by atoms with Crippen LogP contribution in [-0.4, -0.2) is 22.3 Å². The minimum Gasteiger partial charge on any atom is -0.508 e. The molecule has 0 aliphatic heterocycles. The Morgan fingerprint density at radius 1 is 1.35 bits per heavy atom. The van der Waals surface area contributed by atoms with E-state index in [1.807, 2.05) is 39.8 Å². The van der Waals surface area contributed by atoms with Gasteiger partial charge in [0.1, 0.15) is 11.4 Å². The number of phenols is 1. The number of phenolic OH excluding ortho intramolecular Hbond substituents is 1. The van der Waals surface area contributed by atoms with Gasteiger partial charge in [-0.25, -0.2) is 4.79 Å². The zero-order valence-corrected chi connectivity index (χ0v) is 12.6. The molecule has 1 amide bonds. The smallest absolute Gasteiger partial charge is 0.408 e. The SMILES string of the molecule is CC1(NC(=O)OC(C)(C)C)CCc2cc(O)ccc2C1. The maximum absolute atomic E-state index is 11.9. The fourth-order valence-electron chi connectivity index (χ4n) is 2.59. The van der Waals surface area contributed by atoms with Crippen molar-refractivity contribution in [1.29, 1.82) is 0 Å². The molecule has 1 aromatic carbocycles. The molecule has 2 rings (SSSR count). The molecule has 4 nitrogen and oxygen atoms in total. The molecule has 0 saturated carbocycles. The number of hydrogen-bond acceptors (Lipinski definition) is 3. The molecule has 1 aromatic rings. The van der Waals surface area contributed by atoms with E-state index >= 15 is 0 Å². The van der Waals surface area contributed by atoms with Crippen LogP contribution in [0.4, 0.5) is 4.79 Å². The van der Waals surface area contributed by atoms with Crippen LogP contribution in [0, 0.1) is 0 Å². The Kier molecular flexibility index (Phi) is 3.67. The molecule has 110 valence electrons. The lowest BCUT2D eigenvalue weighted by atomic mass is 9.79. The molecule has 20 heavy (non-hydrogen) atoms. The average molecular weight is 277 g/mol. The third kappa shape index (κ3) is 3.65. The number of benzene rings is 1. The van der Waals surface area contributed by atoms with Crippen molar-refractivity contribution in [3.63, 3.8) is 0 Å². The summed E-state index contributed by atoms with van der Waals surface area (Å²) in [6, 6.07) is 5.43. The summed E-state index contributed by atoms with van der Waals surface area (Å²) in [6.45, 7) is 7.60. The van der Waals surface area contributed by atoms with E-state index in [1.54, 1.807) is 6.07 Å². The van der Waals surface area contributed by atoms with Crippen LogP contribution in [0.25, 0.3) is 0 Å². The van der Waals surface area contributed by atoms with Gasteiger partial charge >= 0.3 is 6.09 Å². The fourth-order valence-corrected chi connectivity index (χ4v) is 2.59. The molecular formula is C16H23NO3. The fraction of sp³-hybridized carbons (Fsp3) is 0.562. The predicted octanol–water partition coefficient (Wildman–Crippen LogP) is 3.16. The molecule has 0 bridgehead atoms. The average Bonchev–Trinajstić information content (AvgIpc) is 2.26. The zero-order valence-electron chi connectivity index (χ0n) is 12.6. The largest absolute Gasteiger partial charge is 0.508 e. The van der Waals surface area contributed by atoms with Gasteiger partial charge in [-0.1, -0.05) is 6.07 Å². The van der Waals surface area contributed by atoms with E-state index in [-0.39, 0.29) is 11.6 Å². The molecular weight excluding hydrogens is 254 g/mol. The lowest BCUT2D eigenvalue weighted by Gasteiger charge is -2.36. The van der Waals surface area contributed by atoms with Gasteiger partial charge in [0.05, 0.1) is 0 Å². The van der Waals surface area contributed by atoms with Crippen molar-refractivity contribution < 1.29 is 14.6 Å². The summed E-state index contributed by atoms with van der Waals surface area (Å²) in [5, 5.41) is 12.5. The van der Waals surface area contributed by atoms with Crippen molar-refractivity contribution in [2.75, 3.05) is 0 Å². The first kappa shape index (κ1) is 14.7. The minimum absolute atomic E-state index is 0.299. The number of hydrogen-bond donors (Lipinski definition) is 2. The summed E-state index contributed by atoms with van der Waals surface area (Å²) in [7, 11) is 0. The third-order valence-corrected chi connectivity index (χ3v) is 3.52. The predicted molar refractivity (Wildman–Crippen MR) is 77.9 cm³/mol. The quantitative estimate of drug-likeness (QED) is 0.829. The number of rotatable bonds is 1. The zero-order chi connectivity index (χ0) is 15.0. The first-order valence-electron chi connectivity index (χ1n) is 6.99. The highest BCUT2D eigenvalue weighted by molar-refractivity contribution is 5.69. The van der Waals surface area contributed by atoms with E-state index in [0.29, 0.717) is 5.75 Å². The number of nitrogens with one attached hydrogen (secondary N) is 1. The summed E-state index contributed by atoms with van der Waals surface area (Å²) < 4.78 is 5.32. The Morgan fingerprint density at radius 2 is 2.05 bits per heavy atom. The number of carbonyl (C=O) groups excluding carboxylic acids is 1. The molecule has 1 aliphatic rings. The molecule has 0 radical (unpaired) electrons. The summed E-state index contributed by atoms with van der Waals surface area (Å²) in [4.78, 5) is 11.9. The lowest BCUT2D eigenvalue weighted by Crippen LogP contribution is -2.51. The van der Waals surface area contributed by atoms with E-state index in [0.717, 1.165) is 24.8 Å². The number of aryl methyl sites for hydroxylation is 1. The molecule has 0 saturated heterocycles. The van der Waals surface area contributed by atoms with Gasteiger partial charge in [-0.3, -0.25) is 0 Å². The molecule has 4 heteroatoms. The molecule has 1 aliphatic carbocycles. The van der Waals surface area contributed by atoms with E-state index in [2.05, 4.69) is 5.32 Å². The van der Waals surface area contributed by atoms with Crippen LogP contribution in [0.1, 0.15) is 45.2 Å². The highest BCUT2D eigenvalue weighted by Crippen LogP contribution is 2.30. The Morgan fingerprint density at radius 3 is 2.70 bits per heavy atom. The monoisotopic (exact) mass is 277 g/mol. The summed E-state index contributed by atoms with van der Waals surface area (Å²) >= 11 is 0. The number of fused-ring (bicyclic) bond motifs is 1. The highest BCUT2D eigenvalue weighted by Gasteiger charge is 2.32. The van der Waals surface area contributed by atoms with Crippen molar-refractivity contribution in [3.8, 4) is 5.75 Å². The second-order valence-electron chi connectivity index (χ2n) is 6.82. The van der Waals surface area contributed by atoms with Gasteiger partial charge in [-0.05, 0) is 70.2 Å². The molecule has 0 aromatic heterocycles. The molecule has 2 N–H and O–H groups in total. The summed E-state index contributed by atoms with van der Waals surface area (Å²) in [5.74, 6) is 0.299. The molecule has 0 fully saturated rings. The van der Waals surface area contributed by atoms with Gasteiger partial charge in [-0.2, -0.15) is 0 Å². The van der Waals surface area contributed by atoms with E-state index in [1.165, 1.54) is 5.56 Å². The lowest BCUT2D eigenvalue weighted by molar-refractivity contribution is 0.0455. The van der Waals surface area contributed by atoms with Crippen molar-refractivity contribution >= 4 is 6.09 Å². The van der Waals surface area contributed by atoms with E-state index in [9.17, 15) is 9.90 Å². The first-order valence-corrected chi connectivity index (χ1v) is 6.99. The van der Waals surface area contributed by atoms with Gasteiger partial charge in [0.2, 0.25) is 0 Å². The molecule has 1 unspecified atom stereocenters. The molecule has 1 atom stereocenters. The highest BCUT2D eigenvalue weighted by atomic mass is 16.6. The van der Waals surface area contributed by atoms with Gasteiger partial charge in [0.15, 0.2) is 0 Å². The van der Waals surface area contributed by atoms with Crippen LogP contribution in [0.15, 0.2) is 18.2 Å². The summed E-state index contributed by atoms with van der Waals surface area (Å²) in [6.07, 6.45) is 2.06. The second kappa shape index (κ2) is 5.00. The topological polar surface area (TPSA) is 58.6 Å². The number of amides is 1. The first-order chi connectivity index (χ1) is 9.17. The van der Waals surface area contributed by atoms with Crippen molar-refractivity contribution in [2.45, 2.75) is 58.1 Å². The van der Waals surface area contributed by atoms with Gasteiger partial charge in [0.25, 0.3) is 0 Å². The van der Waals surface area contributed by atoms with Gasteiger partial charge in [-0.15, -0.1) is 0 Å². The number of alkyl carbamates (subject to hydrolysis) is 1. The minimum atomic E-state index is -0.487. The maximum atomic E-state index is 11.9. The molecule has 0 spiro atoms. The van der Waals surface area contributed by atoms with Crippen LogP contribution in [0.3, 0.4) is 0 Å². The molecule has 0 heterocycles. The van der Waals surface area contributed by atoms with Crippen LogP contribution >= 0.6 is 0 Å². The third-order valence-electron chi connectivity index (χ3n) is 3.52. The van der Waals surface area contributed by atoms with E-state index in [4.69, 9.17) is 4.74 Å². The van der Waals surface area contributed by atoms with Crippen molar-refractivity contribution in [2.24, 2.45) is 0 Å². The normalized spacial score (nSPS) is 22.0. The van der Waals surface area contributed by atoms with Gasteiger partial charge < -0.3 is 15.2 Å². The second-order valence-corrected chi connectivity index (χ2v) is 6.82. The Balaban J connectivity index is 2.06. The number of ether oxygens (including phenoxy) is 1. The van der Waals surface area contributed by atoms with Crippen LogP contribution in [0.5, 0.6) is 5.75 Å². The van der Waals surface area contributed by atoms with Crippen molar-refractivity contribution in [1.82, 2.24) is 5.32 Å².